The van der Waals surface area contributed by atoms with E-state index in [-0.39, 0.29) is 12.3 Å². The second-order valence-electron chi connectivity index (χ2n) is 7.91. The van der Waals surface area contributed by atoms with Gasteiger partial charge in [0.05, 0.1) is 24.2 Å². The minimum Gasteiger partial charge on any atom is -0.313 e. The third kappa shape index (κ3) is 4.08. The van der Waals surface area contributed by atoms with E-state index < -0.39 is 11.7 Å². The van der Waals surface area contributed by atoms with Crippen LogP contribution in [-0.4, -0.2) is 34.9 Å². The zero-order valence-corrected chi connectivity index (χ0v) is 17.2. The van der Waals surface area contributed by atoms with Crippen molar-refractivity contribution in [3.8, 4) is 5.69 Å². The summed E-state index contributed by atoms with van der Waals surface area (Å²) in [5.41, 5.74) is 1.70. The number of hydrogen-bond donors (Lipinski definition) is 0. The van der Waals surface area contributed by atoms with E-state index in [0.29, 0.717) is 33.5 Å². The fourth-order valence-corrected chi connectivity index (χ4v) is 4.35. The van der Waals surface area contributed by atoms with Crippen molar-refractivity contribution >= 4 is 22.4 Å². The molecule has 1 saturated heterocycles. The summed E-state index contributed by atoms with van der Waals surface area (Å²) in [6.45, 7) is 10.9. The molecule has 3 aromatic rings. The normalized spacial score (nSPS) is 15.2. The van der Waals surface area contributed by atoms with E-state index in [4.69, 9.17) is 6.57 Å². The lowest BCUT2D eigenvalue weighted by Gasteiger charge is -2.25. The average molecular weight is 425 g/mol. The van der Waals surface area contributed by atoms with Gasteiger partial charge in [0, 0.05) is 22.3 Å². The summed E-state index contributed by atoms with van der Waals surface area (Å²) in [5, 5.41) is 0.516. The molecule has 0 amide bonds. The maximum atomic E-state index is 13.4. The first-order valence-electron chi connectivity index (χ1n) is 10.3. The first kappa shape index (κ1) is 21.1. The Morgan fingerprint density at radius 2 is 1.74 bits per heavy atom. The van der Waals surface area contributed by atoms with Crippen molar-refractivity contribution in [1.29, 1.82) is 0 Å². The summed E-state index contributed by atoms with van der Waals surface area (Å²) in [4.78, 5) is 18.7. The minimum atomic E-state index is -4.48. The Kier molecular flexibility index (Phi) is 5.59. The molecular weight excluding hydrogens is 403 g/mol. The largest absolute Gasteiger partial charge is 0.416 e. The number of benzene rings is 2. The maximum absolute atomic E-state index is 13.4. The van der Waals surface area contributed by atoms with Crippen molar-refractivity contribution in [2.75, 3.05) is 19.6 Å². The standard InChI is InChI=1S/C24H22F3N3O/c1-16-23(22(31)15-29-12-4-3-5-13-29)20-11-6-17(24(25,26)27)14-21(20)30(16)19-9-7-18(28-2)8-10-19/h6-11,14H,3-5,12-13,15H2,1H3. The minimum absolute atomic E-state index is 0.0827. The Hall–Kier alpha value is -3.11. The molecule has 0 bridgehead atoms. The molecule has 7 heteroatoms. The predicted molar refractivity (Wildman–Crippen MR) is 114 cm³/mol. The first-order valence-corrected chi connectivity index (χ1v) is 10.3. The molecule has 1 aliphatic heterocycles. The fourth-order valence-electron chi connectivity index (χ4n) is 4.35. The van der Waals surface area contributed by atoms with Crippen molar-refractivity contribution in [3.05, 3.63) is 70.7 Å². The SMILES string of the molecule is [C-]#[N+]c1ccc(-n2c(C)c(C(=O)CN3CCCCC3)c3ccc(C(F)(F)F)cc32)cc1. The molecule has 0 aliphatic carbocycles. The van der Waals surface area contributed by atoms with E-state index in [1.807, 2.05) is 0 Å². The van der Waals surface area contributed by atoms with Gasteiger partial charge in [0.2, 0.25) is 0 Å². The first-order chi connectivity index (χ1) is 14.8. The van der Waals surface area contributed by atoms with Crippen LogP contribution in [0.25, 0.3) is 21.4 Å². The lowest BCUT2D eigenvalue weighted by molar-refractivity contribution is -0.137. The number of aromatic nitrogens is 1. The number of Topliss-reactive ketones (excluding diaryl/α,β-unsaturated/α-hetero) is 1. The summed E-state index contributed by atoms with van der Waals surface area (Å²) in [6.07, 6.45) is -1.22. The number of ketones is 1. The van der Waals surface area contributed by atoms with Gasteiger partial charge in [-0.3, -0.25) is 9.69 Å². The number of carbonyl (C=O) groups is 1. The molecule has 4 nitrogen and oxygen atoms in total. The van der Waals surface area contributed by atoms with E-state index in [0.717, 1.165) is 44.5 Å². The molecule has 4 rings (SSSR count). The quantitative estimate of drug-likeness (QED) is 0.369. The number of alkyl halides is 3. The monoisotopic (exact) mass is 425 g/mol. The van der Waals surface area contributed by atoms with Crippen LogP contribution in [0.3, 0.4) is 0 Å². The molecule has 0 atom stereocenters. The van der Waals surface area contributed by atoms with Gasteiger partial charge in [0.15, 0.2) is 11.5 Å². The highest BCUT2D eigenvalue weighted by Gasteiger charge is 2.32. The molecule has 1 aromatic heterocycles. The van der Waals surface area contributed by atoms with Crippen molar-refractivity contribution in [2.45, 2.75) is 32.4 Å². The van der Waals surface area contributed by atoms with Crippen molar-refractivity contribution in [3.63, 3.8) is 0 Å². The number of halogens is 3. The molecule has 160 valence electrons. The van der Waals surface area contributed by atoms with Gasteiger partial charge in [-0.25, -0.2) is 4.85 Å². The van der Waals surface area contributed by atoms with E-state index in [9.17, 15) is 18.0 Å². The van der Waals surface area contributed by atoms with E-state index in [2.05, 4.69) is 9.74 Å². The highest BCUT2D eigenvalue weighted by molar-refractivity contribution is 6.11. The smallest absolute Gasteiger partial charge is 0.313 e. The van der Waals surface area contributed by atoms with Crippen LogP contribution in [0, 0.1) is 13.5 Å². The molecule has 2 aromatic carbocycles. The van der Waals surface area contributed by atoms with Gasteiger partial charge in [0.25, 0.3) is 0 Å². The van der Waals surface area contributed by atoms with Gasteiger partial charge in [-0.2, -0.15) is 13.2 Å². The number of piperidine rings is 1. The Bertz CT molecular complexity index is 1160. The summed E-state index contributed by atoms with van der Waals surface area (Å²) in [5.74, 6) is -0.0827. The second-order valence-corrected chi connectivity index (χ2v) is 7.91. The van der Waals surface area contributed by atoms with Crippen molar-refractivity contribution < 1.29 is 18.0 Å². The van der Waals surface area contributed by atoms with Gasteiger partial charge < -0.3 is 4.57 Å². The fraction of sp³-hybridized carbons (Fsp3) is 0.333. The van der Waals surface area contributed by atoms with Crippen LogP contribution in [0.5, 0.6) is 0 Å². The third-order valence-corrected chi connectivity index (χ3v) is 5.86. The Morgan fingerprint density at radius 3 is 2.35 bits per heavy atom. The zero-order valence-electron chi connectivity index (χ0n) is 17.2. The van der Waals surface area contributed by atoms with Gasteiger partial charge in [-0.1, -0.05) is 24.6 Å². The van der Waals surface area contributed by atoms with Crippen LogP contribution in [-0.2, 0) is 6.18 Å². The number of fused-ring (bicyclic) bond motifs is 1. The lowest BCUT2D eigenvalue weighted by Crippen LogP contribution is -2.34. The Balaban J connectivity index is 1.86. The van der Waals surface area contributed by atoms with Gasteiger partial charge >= 0.3 is 6.18 Å². The molecule has 1 fully saturated rings. The molecule has 0 N–H and O–H groups in total. The van der Waals surface area contributed by atoms with E-state index in [1.165, 1.54) is 6.07 Å². The van der Waals surface area contributed by atoms with Crippen LogP contribution < -0.4 is 0 Å². The number of rotatable bonds is 4. The second kappa shape index (κ2) is 8.20. The summed E-state index contributed by atoms with van der Waals surface area (Å²) in [7, 11) is 0. The molecule has 0 unspecified atom stereocenters. The molecule has 0 saturated carbocycles. The van der Waals surface area contributed by atoms with Crippen LogP contribution >= 0.6 is 0 Å². The molecule has 0 radical (unpaired) electrons. The molecule has 1 aliphatic rings. The number of likely N-dealkylation sites (tertiary alicyclic amines) is 1. The van der Waals surface area contributed by atoms with Crippen molar-refractivity contribution in [1.82, 2.24) is 9.47 Å². The Morgan fingerprint density at radius 1 is 1.06 bits per heavy atom. The third-order valence-electron chi connectivity index (χ3n) is 5.86. The summed E-state index contributed by atoms with van der Waals surface area (Å²) in [6, 6.07) is 10.2. The highest BCUT2D eigenvalue weighted by Crippen LogP contribution is 2.36. The van der Waals surface area contributed by atoms with E-state index in [1.54, 1.807) is 35.8 Å². The molecular formula is C24H22F3N3O. The van der Waals surface area contributed by atoms with Gasteiger partial charge in [-0.05, 0) is 57.1 Å². The predicted octanol–water partition coefficient (Wildman–Crippen LogP) is 6.18. The van der Waals surface area contributed by atoms with Crippen LogP contribution in [0.1, 0.15) is 40.9 Å². The summed E-state index contributed by atoms with van der Waals surface area (Å²) >= 11 is 0. The van der Waals surface area contributed by atoms with Crippen molar-refractivity contribution in [2.24, 2.45) is 0 Å². The number of nitrogens with zero attached hydrogens (tertiary/aromatic N) is 3. The van der Waals surface area contributed by atoms with Crippen LogP contribution in [0.4, 0.5) is 18.9 Å². The van der Waals surface area contributed by atoms with E-state index >= 15 is 0 Å². The highest BCUT2D eigenvalue weighted by atomic mass is 19.4. The van der Waals surface area contributed by atoms with Crippen LogP contribution in [0.15, 0.2) is 42.5 Å². The summed E-state index contributed by atoms with van der Waals surface area (Å²) < 4.78 is 41.9. The lowest BCUT2D eigenvalue weighted by atomic mass is 10.0. The number of hydrogen-bond acceptors (Lipinski definition) is 2. The molecule has 0 spiro atoms. The van der Waals surface area contributed by atoms with Gasteiger partial charge in [0.1, 0.15) is 0 Å². The zero-order chi connectivity index (χ0) is 22.2. The topological polar surface area (TPSA) is 29.6 Å². The number of carbonyl (C=O) groups excluding carboxylic acids is 1. The van der Waals surface area contributed by atoms with Crippen LogP contribution in [0.2, 0.25) is 0 Å². The molecule has 2 heterocycles. The Labute approximate surface area is 178 Å². The molecule has 31 heavy (non-hydrogen) atoms. The van der Waals surface area contributed by atoms with Gasteiger partial charge in [-0.15, -0.1) is 0 Å². The maximum Gasteiger partial charge on any atom is 0.416 e. The average Bonchev–Trinajstić information content (AvgIpc) is 3.05.